The van der Waals surface area contributed by atoms with E-state index in [-0.39, 0.29) is 22.4 Å². The van der Waals surface area contributed by atoms with E-state index in [2.05, 4.69) is 25.9 Å². The van der Waals surface area contributed by atoms with Crippen LogP contribution in [0.2, 0.25) is 0 Å². The molecule has 0 saturated carbocycles. The van der Waals surface area contributed by atoms with Gasteiger partial charge in [0.05, 0.1) is 35.3 Å². The first kappa shape index (κ1) is 33.3. The Labute approximate surface area is 276 Å². The number of ether oxygens (including phenoxy) is 1. The summed E-state index contributed by atoms with van der Waals surface area (Å²) in [7, 11) is 1.30. The van der Waals surface area contributed by atoms with Crippen molar-refractivity contribution in [3.8, 4) is 16.9 Å². The molecular formula is C34H31F5N6O2S. The van der Waals surface area contributed by atoms with Crippen molar-refractivity contribution in [1.29, 1.82) is 0 Å². The second-order valence-corrected chi connectivity index (χ2v) is 12.4. The van der Waals surface area contributed by atoms with Gasteiger partial charge in [-0.25, -0.2) is 13.9 Å². The average molecular weight is 683 g/mol. The van der Waals surface area contributed by atoms with Crippen LogP contribution in [0.3, 0.4) is 0 Å². The van der Waals surface area contributed by atoms with Crippen LogP contribution in [-0.2, 0) is 19.0 Å². The van der Waals surface area contributed by atoms with Gasteiger partial charge in [0.1, 0.15) is 11.6 Å². The molecule has 14 heteroatoms. The third-order valence-electron chi connectivity index (χ3n) is 8.58. The first-order valence-electron chi connectivity index (χ1n) is 15.2. The van der Waals surface area contributed by atoms with Gasteiger partial charge in [0.15, 0.2) is 11.6 Å². The highest BCUT2D eigenvalue weighted by atomic mass is 32.2. The zero-order valence-corrected chi connectivity index (χ0v) is 26.8. The van der Waals surface area contributed by atoms with Crippen LogP contribution in [0.25, 0.3) is 11.1 Å². The number of methoxy groups -OCH3 is 1. The Balaban J connectivity index is 1.52. The van der Waals surface area contributed by atoms with Crippen LogP contribution in [-0.4, -0.2) is 44.6 Å². The Kier molecular flexibility index (Phi) is 9.65. The van der Waals surface area contributed by atoms with E-state index in [0.717, 1.165) is 23.8 Å². The second kappa shape index (κ2) is 13.9. The molecule has 0 radical (unpaired) electrons. The highest BCUT2D eigenvalue weighted by Crippen LogP contribution is 2.45. The van der Waals surface area contributed by atoms with Crippen molar-refractivity contribution < 1.29 is 26.7 Å². The van der Waals surface area contributed by atoms with E-state index < -0.39 is 53.0 Å². The molecule has 2 unspecified atom stereocenters. The predicted octanol–water partition coefficient (Wildman–Crippen LogP) is 6.84. The third-order valence-corrected chi connectivity index (χ3v) is 9.80. The molecule has 1 aliphatic rings. The van der Waals surface area contributed by atoms with Gasteiger partial charge in [-0.2, -0.15) is 13.2 Å². The molecule has 0 bridgehead atoms. The van der Waals surface area contributed by atoms with Crippen LogP contribution in [0.5, 0.6) is 5.75 Å². The molecule has 0 saturated heterocycles. The summed E-state index contributed by atoms with van der Waals surface area (Å²) in [6, 6.07) is 15.8. The molecule has 3 aromatic carbocycles. The molecule has 6 rings (SSSR count). The minimum Gasteiger partial charge on any atom is -0.494 e. The Morgan fingerprint density at radius 1 is 1.06 bits per heavy atom. The number of fused-ring (bicyclic) bond motifs is 1. The lowest BCUT2D eigenvalue weighted by Crippen LogP contribution is -2.36. The maximum Gasteiger partial charge on any atom is 0.416 e. The van der Waals surface area contributed by atoms with Crippen molar-refractivity contribution in [3.05, 3.63) is 122 Å². The quantitative estimate of drug-likeness (QED) is 0.116. The number of hydrogen-bond acceptors (Lipinski definition) is 7. The zero-order chi connectivity index (χ0) is 34.0. The molecular weight excluding hydrogens is 651 g/mol. The molecule has 2 atom stereocenters. The van der Waals surface area contributed by atoms with Gasteiger partial charge in [-0.05, 0) is 65.2 Å². The molecule has 2 aromatic heterocycles. The van der Waals surface area contributed by atoms with E-state index in [1.807, 2.05) is 30.3 Å². The topological polar surface area (TPSA) is 97.7 Å². The van der Waals surface area contributed by atoms with E-state index in [1.54, 1.807) is 11.5 Å². The van der Waals surface area contributed by atoms with E-state index in [0.29, 0.717) is 41.6 Å². The van der Waals surface area contributed by atoms with E-state index in [1.165, 1.54) is 37.1 Å². The molecule has 2 N–H and O–H groups in total. The first-order valence-corrected chi connectivity index (χ1v) is 16.2. The van der Waals surface area contributed by atoms with Crippen molar-refractivity contribution in [3.63, 3.8) is 0 Å². The number of tetrazole rings is 1. The standard InChI is InChI=1S/C34H31F5N6O2S/c1-19-22(17-23-24(34(37,38)39)12-7-13-25(23)35)33-45(32(46)29(19)21-11-6-14-27(47-2)30(21)36)26(18-48-33)31(20-9-4-3-5-10-20)40-16-8-15-28-41-43-44-42-28/h3-7,9-14,26,31,40H,8,15-18H2,1-2H3,(H,41,42,43,44). The fourth-order valence-corrected chi connectivity index (χ4v) is 7.70. The van der Waals surface area contributed by atoms with Crippen molar-refractivity contribution in [1.82, 2.24) is 30.5 Å². The lowest BCUT2D eigenvalue weighted by atomic mass is 9.91. The maximum absolute atomic E-state index is 15.8. The summed E-state index contributed by atoms with van der Waals surface area (Å²) in [5, 5.41) is 17.8. The minimum atomic E-state index is -4.82. The summed E-state index contributed by atoms with van der Waals surface area (Å²) in [6.07, 6.45) is -4.05. The number of thioether (sulfide) groups is 1. The number of halogens is 5. The smallest absolute Gasteiger partial charge is 0.416 e. The number of benzene rings is 3. The summed E-state index contributed by atoms with van der Waals surface area (Å²) in [5.74, 6) is -0.886. The summed E-state index contributed by atoms with van der Waals surface area (Å²) in [6.45, 7) is 2.09. The molecule has 0 fully saturated rings. The van der Waals surface area contributed by atoms with Crippen LogP contribution in [0.1, 0.15) is 52.1 Å². The summed E-state index contributed by atoms with van der Waals surface area (Å²) in [4.78, 5) is 14.6. The molecule has 8 nitrogen and oxygen atoms in total. The van der Waals surface area contributed by atoms with Gasteiger partial charge in [-0.15, -0.1) is 16.9 Å². The van der Waals surface area contributed by atoms with E-state index >= 15 is 8.78 Å². The highest BCUT2D eigenvalue weighted by molar-refractivity contribution is 7.99. The number of nitrogens with one attached hydrogen (secondary N) is 2. The number of nitrogens with zero attached hydrogens (tertiary/aromatic N) is 4. The normalized spacial score (nSPS) is 15.0. The van der Waals surface area contributed by atoms with Gasteiger partial charge < -0.3 is 10.1 Å². The molecule has 0 amide bonds. The van der Waals surface area contributed by atoms with Crippen molar-refractivity contribution in [2.24, 2.45) is 0 Å². The maximum atomic E-state index is 15.8. The first-order chi connectivity index (χ1) is 23.1. The summed E-state index contributed by atoms with van der Waals surface area (Å²) < 4.78 is 80.2. The van der Waals surface area contributed by atoms with Crippen LogP contribution in [0.15, 0.2) is 76.6 Å². The molecule has 5 aromatic rings. The van der Waals surface area contributed by atoms with Gasteiger partial charge in [-0.3, -0.25) is 9.36 Å². The average Bonchev–Trinajstić information content (AvgIpc) is 3.75. The molecule has 0 spiro atoms. The Hall–Kier alpha value is -4.56. The van der Waals surface area contributed by atoms with Gasteiger partial charge >= 0.3 is 6.18 Å². The number of alkyl halides is 3. The zero-order valence-electron chi connectivity index (χ0n) is 25.9. The Bertz CT molecular complexity index is 1970. The van der Waals surface area contributed by atoms with Crippen molar-refractivity contribution in [2.75, 3.05) is 19.4 Å². The summed E-state index contributed by atoms with van der Waals surface area (Å²) >= 11 is 1.31. The van der Waals surface area contributed by atoms with Gasteiger partial charge in [0, 0.05) is 29.7 Å². The fourth-order valence-electron chi connectivity index (χ4n) is 6.27. The number of hydrogen-bond donors (Lipinski definition) is 2. The lowest BCUT2D eigenvalue weighted by Gasteiger charge is -2.28. The van der Waals surface area contributed by atoms with Crippen LogP contribution < -0.4 is 15.6 Å². The molecule has 48 heavy (non-hydrogen) atoms. The van der Waals surface area contributed by atoms with E-state index in [9.17, 15) is 18.0 Å². The molecule has 3 heterocycles. The number of aryl methyl sites for hydroxylation is 1. The van der Waals surface area contributed by atoms with Crippen LogP contribution in [0.4, 0.5) is 22.0 Å². The van der Waals surface area contributed by atoms with Crippen LogP contribution >= 0.6 is 11.8 Å². The Morgan fingerprint density at radius 3 is 2.54 bits per heavy atom. The van der Waals surface area contributed by atoms with Gasteiger partial charge in [-0.1, -0.05) is 48.5 Å². The number of aromatic amines is 1. The Morgan fingerprint density at radius 2 is 1.83 bits per heavy atom. The number of H-pyrrole nitrogens is 1. The fraction of sp³-hybridized carbons (Fsp3) is 0.294. The lowest BCUT2D eigenvalue weighted by molar-refractivity contribution is -0.138. The monoisotopic (exact) mass is 682 g/mol. The second-order valence-electron chi connectivity index (χ2n) is 11.4. The SMILES string of the molecule is COc1cccc(-c2c(C)c(Cc3c(F)cccc3C(F)(F)F)c3n(c2=O)C(C(NCCCc2nnn[nH]2)c2ccccc2)CS3)c1F. The highest BCUT2D eigenvalue weighted by Gasteiger charge is 2.38. The number of pyridine rings is 1. The largest absolute Gasteiger partial charge is 0.494 e. The predicted molar refractivity (Wildman–Crippen MR) is 171 cm³/mol. The van der Waals surface area contributed by atoms with Crippen molar-refractivity contribution >= 4 is 11.8 Å². The molecule has 1 aliphatic heterocycles. The summed E-state index contributed by atoms with van der Waals surface area (Å²) in [5.41, 5.74) is -0.762. The van der Waals surface area contributed by atoms with Crippen molar-refractivity contribution in [2.45, 2.75) is 49.5 Å². The minimum absolute atomic E-state index is 0.0211. The van der Waals surface area contributed by atoms with Gasteiger partial charge in [0.2, 0.25) is 0 Å². The number of rotatable bonds is 11. The molecule has 0 aliphatic carbocycles. The van der Waals surface area contributed by atoms with Gasteiger partial charge in [0.25, 0.3) is 5.56 Å². The van der Waals surface area contributed by atoms with E-state index in [4.69, 9.17) is 4.74 Å². The third kappa shape index (κ3) is 6.46. The van der Waals surface area contributed by atoms with Crippen LogP contribution in [0, 0.1) is 18.6 Å². The molecule has 250 valence electrons. The number of aromatic nitrogens is 5.